The first-order valence-electron chi connectivity index (χ1n) is 37.5. The number of hydrogen-bond donors (Lipinski definition) is 6. The average Bonchev–Trinajstić information content (AvgIpc) is 1.47. The van der Waals surface area contributed by atoms with Gasteiger partial charge in [-0.2, -0.15) is 0 Å². The predicted octanol–water partition coefficient (Wildman–Crippen LogP) is 12.1. The summed E-state index contributed by atoms with van der Waals surface area (Å²) in [4.78, 5) is 122. The number of halogens is 2. The first-order valence-corrected chi connectivity index (χ1v) is 52.2. The Morgan fingerprint density at radius 2 is 1.07 bits per heavy atom. The number of nitrogens with zero attached hydrogens (tertiary/aromatic N) is 4. The molecule has 0 radical (unpaired) electrons. The number of amides is 2. The van der Waals surface area contributed by atoms with Gasteiger partial charge in [0.25, 0.3) is 0 Å². The normalized spacial score (nSPS) is 21.9. The van der Waals surface area contributed by atoms with Crippen molar-refractivity contribution < 1.29 is 124 Å². The zero-order valence-electron chi connectivity index (χ0n) is 69.2. The Kier molecular flexibility index (Phi) is 59.8. The van der Waals surface area contributed by atoms with Crippen LogP contribution in [-0.4, -0.2) is 378 Å². The van der Waals surface area contributed by atoms with Crippen LogP contribution in [0.5, 0.6) is 0 Å². The summed E-state index contributed by atoms with van der Waals surface area (Å²) in [5.41, 5.74) is 4.59. The standard InChI is InChI=1S/C72H107N5O25P4S2.4Ba.I2.4H/c1-52(78)23-14-12-10-8-6-4-5-7-9-11-13-15-30-61(82)59(73-53(2)79)28-20-21-39-77-72-57-26-17-16-24-54(57)47-76(60-29-19-18-27-58(60)71(72)74-75-77)70(84)31-22-25-55(80)32-40-90-41-33-56(81)34-46-95-104(86,87)97-49-67-64(37-44-92-67)101-106(89,108)99-51-69-65(38-45-94-69)102-105(88,107)98-50-68-63(36-43-93-68)100-103(3,85)96-48-66-62(83)35-42-91-66;;;;;1-2;;;;/h16-19,24,26-27,29,42-45,59,62-69,83,85H,3-15,20-23,25,28,30-41,46-51H2,1-2H3,(H,73,79)(H,86,87)(H,88,107)(H,89,108);;;;;;;;;/q-4;4*+2;;4*-1/t59-,62?,63+,64+,65?,66-,67+,68+,69-,103?,105?,106?;;;;;;;;;/m1........./s1. The summed E-state index contributed by atoms with van der Waals surface area (Å²) in [6, 6.07) is 14.8. The van der Waals surface area contributed by atoms with Crippen molar-refractivity contribution in [2.45, 2.75) is 255 Å². The van der Waals surface area contributed by atoms with Crippen LogP contribution in [0, 0.1) is 26.4 Å². The number of phosphoric acid groups is 1. The SMILES string of the molecule is C=P(O)(OC[C@H]1O[CH-]CC1O)O[C@H]1C[CH-]O[C@H]1COP(O)(=S)OC1C[CH-]O[C@@H]1COP(O)(=S)O[C@H]1C[CH-]O[C@H]1COP(=O)(O)OCCC(=O)CCOCCC(=O)CCCC(=O)N1Cc2ccccc2-c2c(nnn2CCCC[C@@H](NC(C)=O)C(=O)CCCCCCCCCCCCCCC(C)=O)-c2ccccc21.II.[Ba+2].[Ba+2].[Ba+2].[Ba+2].[H-].[H-].[H-].[H-]. The first-order chi connectivity index (χ1) is 52.7. The summed E-state index contributed by atoms with van der Waals surface area (Å²) in [6.07, 6.45) is 14.1. The van der Waals surface area contributed by atoms with Gasteiger partial charge in [-0.25, -0.2) is 35.7 Å². The van der Waals surface area contributed by atoms with E-state index in [-0.39, 0.29) is 334 Å². The zero-order chi connectivity index (χ0) is 79.5. The smallest absolute Gasteiger partial charge is 1.00 e. The minimum Gasteiger partial charge on any atom is -1.00 e. The number of aryl methyl sites for hydroxylation is 1. The Morgan fingerprint density at radius 1 is 0.588 bits per heavy atom. The van der Waals surface area contributed by atoms with Gasteiger partial charge < -0.3 is 96.2 Å². The van der Waals surface area contributed by atoms with Crippen LogP contribution in [0.1, 0.15) is 198 Å². The summed E-state index contributed by atoms with van der Waals surface area (Å²) < 4.78 is 86.1. The molecule has 42 heteroatoms. The van der Waals surface area contributed by atoms with Gasteiger partial charge in [-0.3, -0.25) is 33.0 Å². The third kappa shape index (κ3) is 42.1. The van der Waals surface area contributed by atoms with Crippen molar-refractivity contribution in [2.75, 3.05) is 51.1 Å². The monoisotopic (exact) mass is 2440 g/mol. The molecule has 2 aromatic carbocycles. The number of ether oxygens (including phenoxy) is 5. The quantitative estimate of drug-likeness (QED) is 0.0100. The number of ketones is 4. The van der Waals surface area contributed by atoms with Crippen LogP contribution in [0.15, 0.2) is 48.5 Å². The van der Waals surface area contributed by atoms with E-state index in [1.165, 1.54) is 71.9 Å². The van der Waals surface area contributed by atoms with Gasteiger partial charge in [0, 0.05) is 107 Å². The number of benzene rings is 2. The van der Waals surface area contributed by atoms with E-state index in [1.807, 2.05) is 53.2 Å². The van der Waals surface area contributed by atoms with E-state index < -0.39 is 96.9 Å². The number of phosphoric ester groups is 1. The Bertz CT molecular complexity index is 3640. The van der Waals surface area contributed by atoms with E-state index >= 15 is 0 Å². The molecule has 6 unspecified atom stereocenters. The summed E-state index contributed by atoms with van der Waals surface area (Å²) in [7, 11) is -8.39. The van der Waals surface area contributed by atoms with Gasteiger partial charge in [-0.05, 0) is 87.0 Å². The van der Waals surface area contributed by atoms with Crippen molar-refractivity contribution in [3.8, 4) is 22.5 Å². The Hall–Kier alpha value is 4.06. The number of unbranched alkanes of at least 4 members (excludes halogenated alkanes) is 12. The van der Waals surface area contributed by atoms with Crippen LogP contribution >= 0.6 is 66.1 Å². The second-order valence-electron chi connectivity index (χ2n) is 27.5. The Labute approximate surface area is 871 Å². The molecular weight excluding hydrogens is 2330 g/mol. The number of fused-ring (bicyclic) bond motifs is 5. The number of hydrogen-bond acceptors (Lipinski definition) is 26. The minimum atomic E-state index is -4.74. The molecule has 4 saturated heterocycles. The van der Waals surface area contributed by atoms with E-state index in [9.17, 15) is 58.0 Å². The number of rotatable bonds is 54. The summed E-state index contributed by atoms with van der Waals surface area (Å²) in [6.45, 7) is -0.445. The number of para-hydroxylation sites is 1. The third-order valence-electron chi connectivity index (χ3n) is 18.8. The summed E-state index contributed by atoms with van der Waals surface area (Å²) >= 11 is 14.8. The Balaban J connectivity index is 0. The molecule has 5 aliphatic rings. The molecule has 1 aromatic heterocycles. The van der Waals surface area contributed by atoms with Gasteiger partial charge >= 0.3 is 217 Å². The van der Waals surface area contributed by atoms with E-state index in [2.05, 4.69) is 54.1 Å². The maximum atomic E-state index is 14.2. The van der Waals surface area contributed by atoms with Crippen LogP contribution in [-0.2, 0) is 130 Å². The van der Waals surface area contributed by atoms with Crippen molar-refractivity contribution in [1.82, 2.24) is 20.3 Å². The second kappa shape index (κ2) is 60.8. The molecule has 114 heavy (non-hydrogen) atoms. The van der Waals surface area contributed by atoms with Crippen molar-refractivity contribution in [1.29, 1.82) is 0 Å². The molecule has 30 nitrogen and oxygen atoms in total. The van der Waals surface area contributed by atoms with Gasteiger partial charge in [-0.1, -0.05) is 112 Å². The van der Waals surface area contributed by atoms with Crippen molar-refractivity contribution in [2.24, 2.45) is 0 Å². The van der Waals surface area contributed by atoms with Crippen LogP contribution in [0.25, 0.3) is 22.5 Å². The molecule has 5 aliphatic heterocycles. The molecule has 6 N–H and O–H groups in total. The van der Waals surface area contributed by atoms with Crippen molar-refractivity contribution in [3.63, 3.8) is 0 Å². The van der Waals surface area contributed by atoms with Gasteiger partial charge in [0.1, 0.15) is 23.0 Å². The number of carbonyl (C=O) groups excluding carboxylic acids is 6. The Morgan fingerprint density at radius 3 is 1.62 bits per heavy atom. The second-order valence-corrected chi connectivity index (χ2v) is 36.3. The van der Waals surface area contributed by atoms with Crippen molar-refractivity contribution in [3.05, 3.63) is 80.5 Å². The van der Waals surface area contributed by atoms with E-state index in [0.29, 0.717) is 56.5 Å². The topological polar surface area (TPSA) is 387 Å². The molecular formula is C72H111Ba4I2N5O25P4S2. The van der Waals surface area contributed by atoms with Gasteiger partial charge in [0.15, 0.2) is 5.78 Å². The molecule has 13 atom stereocenters. The van der Waals surface area contributed by atoms with Crippen LogP contribution in [0.2, 0.25) is 0 Å². The van der Waals surface area contributed by atoms with Gasteiger partial charge in [-0.15, -0.1) is 30.8 Å². The molecule has 8 rings (SSSR count). The number of nitrogens with one attached hydrogen (secondary N) is 1. The molecule has 6 heterocycles. The first kappa shape index (κ1) is 112. The van der Waals surface area contributed by atoms with E-state index in [1.54, 1.807) is 11.8 Å². The average molecular weight is 2440 g/mol. The van der Waals surface area contributed by atoms with Gasteiger partial charge in [0.2, 0.25) is 19.4 Å². The molecule has 0 saturated carbocycles. The molecule has 628 valence electrons. The van der Waals surface area contributed by atoms with Gasteiger partial charge in [0.05, 0.1) is 119 Å². The maximum absolute atomic E-state index is 14.2. The van der Waals surface area contributed by atoms with Crippen LogP contribution in [0.3, 0.4) is 0 Å². The fraction of sp³-hybridized carbons (Fsp3) is 0.653. The summed E-state index contributed by atoms with van der Waals surface area (Å²) in [5.74, 6) is -0.542. The van der Waals surface area contributed by atoms with E-state index in [4.69, 9.17) is 88.6 Å². The number of aliphatic hydroxyl groups is 1. The zero-order valence-corrected chi connectivity index (χ0v) is 92.5. The number of Topliss-reactive ketones (excluding diaryl/α,β-unsaturated/α-hetero) is 4. The summed E-state index contributed by atoms with van der Waals surface area (Å²) in [5, 5.41) is 22.2. The molecule has 0 bridgehead atoms. The molecule has 0 aliphatic carbocycles. The third-order valence-corrected chi connectivity index (χ3v) is 24.1. The fourth-order valence-corrected chi connectivity index (χ4v) is 17.7. The number of aromatic nitrogens is 3. The number of aliphatic hydroxyl groups excluding tert-OH is 1. The fourth-order valence-electron chi connectivity index (χ4n) is 12.9. The molecule has 0 spiro atoms. The molecule has 4 fully saturated rings. The maximum Gasteiger partial charge on any atom is 2.00 e. The predicted molar refractivity (Wildman–Crippen MR) is 463 cm³/mol. The number of anilines is 1. The minimum absolute atomic E-state index is 0. The van der Waals surface area contributed by atoms with Crippen LogP contribution < -0.4 is 10.2 Å². The van der Waals surface area contributed by atoms with E-state index in [0.717, 1.165) is 60.9 Å². The molecule has 2 amide bonds. The largest absolute Gasteiger partial charge is 2.00 e. The number of carbonyl (C=O) groups is 6. The molecule has 3 aromatic rings. The van der Waals surface area contributed by atoms with Crippen molar-refractivity contribution >= 4 is 332 Å². The van der Waals surface area contributed by atoms with Crippen LogP contribution in [0.4, 0.5) is 5.69 Å².